The van der Waals surface area contributed by atoms with Gasteiger partial charge in [0, 0.05) is 17.5 Å². The minimum Gasteiger partial charge on any atom is -0.484 e. The summed E-state index contributed by atoms with van der Waals surface area (Å²) in [7, 11) is 0. The maximum Gasteiger partial charge on any atom is 0.178 e. The summed E-state index contributed by atoms with van der Waals surface area (Å²) >= 11 is 0. The minimum atomic E-state index is 0.0175. The van der Waals surface area contributed by atoms with Crippen molar-refractivity contribution in [1.82, 2.24) is 4.98 Å². The average molecular weight is 406 g/mol. The number of carbonyl (C=O) groups excluding carboxylic acids is 2. The van der Waals surface area contributed by atoms with Crippen LogP contribution in [-0.2, 0) is 9.59 Å². The van der Waals surface area contributed by atoms with Crippen LogP contribution in [0.4, 0.5) is 0 Å². The van der Waals surface area contributed by atoms with E-state index in [4.69, 9.17) is 4.74 Å². The second-order valence-electron chi connectivity index (χ2n) is 10.2. The molecule has 4 heteroatoms. The Labute approximate surface area is 178 Å². The molecule has 3 saturated carbocycles. The van der Waals surface area contributed by atoms with Gasteiger partial charge >= 0.3 is 0 Å². The third-order valence-corrected chi connectivity index (χ3v) is 8.96. The molecule has 1 aromatic rings. The number of hydrogen-bond donors (Lipinski definition) is 0. The lowest BCUT2D eigenvalue weighted by Gasteiger charge is -2.56. The van der Waals surface area contributed by atoms with Gasteiger partial charge in [-0.2, -0.15) is 0 Å². The molecule has 6 atom stereocenters. The van der Waals surface area contributed by atoms with Gasteiger partial charge in [-0.15, -0.1) is 0 Å². The van der Waals surface area contributed by atoms with Crippen LogP contribution in [0.5, 0.6) is 5.75 Å². The van der Waals surface area contributed by atoms with Crippen LogP contribution in [0.15, 0.2) is 48.3 Å². The fourth-order valence-electron chi connectivity index (χ4n) is 7.41. The standard InChI is InChI=1S/C26H31NO3/c1-25-11-9-18(28)14-17(25)5-6-20-21-7-8-23(26(21,2)12-10-22(20)25)24(29)16-30-19-4-3-13-27-15-19/h3-4,9,11,13-15,20-23H,5-8,10,12,16H2,1-2H3. The second-order valence-corrected chi connectivity index (χ2v) is 10.2. The molecule has 0 amide bonds. The first-order valence-corrected chi connectivity index (χ1v) is 11.4. The van der Waals surface area contributed by atoms with Crippen LogP contribution in [0, 0.1) is 34.5 Å². The topological polar surface area (TPSA) is 56.3 Å². The molecule has 4 nitrogen and oxygen atoms in total. The second kappa shape index (κ2) is 7.18. The van der Waals surface area contributed by atoms with E-state index in [-0.39, 0.29) is 34.9 Å². The van der Waals surface area contributed by atoms with Crippen molar-refractivity contribution in [3.05, 3.63) is 48.3 Å². The molecule has 1 heterocycles. The zero-order valence-corrected chi connectivity index (χ0v) is 18.0. The number of nitrogens with zero attached hydrogens (tertiary/aromatic N) is 1. The fraction of sp³-hybridized carbons (Fsp3) is 0.577. The first-order chi connectivity index (χ1) is 14.4. The van der Waals surface area contributed by atoms with E-state index in [0.29, 0.717) is 23.5 Å². The lowest BCUT2D eigenvalue weighted by molar-refractivity contribution is -0.131. The van der Waals surface area contributed by atoms with E-state index < -0.39 is 0 Å². The largest absolute Gasteiger partial charge is 0.484 e. The smallest absolute Gasteiger partial charge is 0.178 e. The quantitative estimate of drug-likeness (QED) is 0.711. The summed E-state index contributed by atoms with van der Waals surface area (Å²) in [5, 5.41) is 0. The van der Waals surface area contributed by atoms with Crippen molar-refractivity contribution in [2.24, 2.45) is 34.5 Å². The lowest BCUT2D eigenvalue weighted by Crippen LogP contribution is -2.50. The molecule has 5 rings (SSSR count). The van der Waals surface area contributed by atoms with Gasteiger partial charge < -0.3 is 4.74 Å². The summed E-state index contributed by atoms with van der Waals surface area (Å²) in [6.07, 6.45) is 15.7. The number of ketones is 2. The van der Waals surface area contributed by atoms with Crippen molar-refractivity contribution in [2.45, 2.75) is 52.4 Å². The monoisotopic (exact) mass is 405 g/mol. The molecule has 158 valence electrons. The molecule has 30 heavy (non-hydrogen) atoms. The summed E-state index contributed by atoms with van der Waals surface area (Å²) in [5.41, 5.74) is 1.42. The number of allylic oxidation sites excluding steroid dienone is 4. The van der Waals surface area contributed by atoms with Gasteiger partial charge in [0.25, 0.3) is 0 Å². The Morgan fingerprint density at radius 2 is 2.07 bits per heavy atom. The van der Waals surface area contributed by atoms with Gasteiger partial charge in [0.05, 0.1) is 6.20 Å². The number of ether oxygens (including phenoxy) is 1. The van der Waals surface area contributed by atoms with Crippen LogP contribution in [0.2, 0.25) is 0 Å². The third kappa shape index (κ3) is 2.99. The van der Waals surface area contributed by atoms with Crippen molar-refractivity contribution in [2.75, 3.05) is 6.61 Å². The van der Waals surface area contributed by atoms with Crippen LogP contribution >= 0.6 is 0 Å². The highest BCUT2D eigenvalue weighted by Gasteiger charge is 2.59. The maximum absolute atomic E-state index is 13.2. The molecule has 1 aromatic heterocycles. The Morgan fingerprint density at radius 3 is 2.87 bits per heavy atom. The van der Waals surface area contributed by atoms with Crippen molar-refractivity contribution < 1.29 is 14.3 Å². The molecule has 3 fully saturated rings. The Kier molecular flexibility index (Phi) is 4.72. The van der Waals surface area contributed by atoms with E-state index in [1.165, 1.54) is 5.57 Å². The Bertz CT molecular complexity index is 919. The van der Waals surface area contributed by atoms with Crippen molar-refractivity contribution in [3.63, 3.8) is 0 Å². The number of rotatable bonds is 4. The molecule has 0 aromatic carbocycles. The molecule has 4 aliphatic rings. The molecule has 0 spiro atoms. The highest BCUT2D eigenvalue weighted by Crippen LogP contribution is 2.66. The van der Waals surface area contributed by atoms with E-state index in [1.54, 1.807) is 18.5 Å². The minimum absolute atomic E-state index is 0.0175. The van der Waals surface area contributed by atoms with Gasteiger partial charge in [0.2, 0.25) is 0 Å². The number of aromatic nitrogens is 1. The SMILES string of the molecule is CC12C=CC(=O)C=C1CCC1C2CCC2(C)C(C(=O)COc3cccnc3)CCC12. The molecule has 6 unspecified atom stereocenters. The van der Waals surface area contributed by atoms with Gasteiger partial charge in [0.1, 0.15) is 12.4 Å². The van der Waals surface area contributed by atoms with Gasteiger partial charge in [-0.1, -0.05) is 25.5 Å². The Hall–Kier alpha value is -2.23. The third-order valence-electron chi connectivity index (χ3n) is 8.96. The van der Waals surface area contributed by atoms with E-state index in [9.17, 15) is 9.59 Å². The maximum atomic E-state index is 13.2. The molecule has 0 aliphatic heterocycles. The number of fused-ring (bicyclic) bond motifs is 5. The van der Waals surface area contributed by atoms with Crippen LogP contribution in [0.1, 0.15) is 52.4 Å². The average Bonchev–Trinajstić information content (AvgIpc) is 3.10. The molecule has 0 N–H and O–H groups in total. The van der Waals surface area contributed by atoms with Crippen LogP contribution in [-0.4, -0.2) is 23.2 Å². The van der Waals surface area contributed by atoms with E-state index >= 15 is 0 Å². The van der Waals surface area contributed by atoms with Crippen LogP contribution in [0.3, 0.4) is 0 Å². The summed E-state index contributed by atoms with van der Waals surface area (Å²) in [6.45, 7) is 4.84. The summed E-state index contributed by atoms with van der Waals surface area (Å²) in [6, 6.07) is 3.68. The van der Waals surface area contributed by atoms with Gasteiger partial charge in [-0.05, 0) is 86.0 Å². The van der Waals surface area contributed by atoms with E-state index in [1.807, 2.05) is 18.2 Å². The molecular weight excluding hydrogens is 374 g/mol. The highest BCUT2D eigenvalue weighted by atomic mass is 16.5. The van der Waals surface area contributed by atoms with E-state index in [0.717, 1.165) is 38.5 Å². The predicted octanol–water partition coefficient (Wildman–Crippen LogP) is 4.95. The Morgan fingerprint density at radius 1 is 1.20 bits per heavy atom. The highest BCUT2D eigenvalue weighted by molar-refractivity contribution is 6.01. The normalized spacial score (nSPS) is 39.5. The van der Waals surface area contributed by atoms with Gasteiger partial charge in [-0.3, -0.25) is 14.6 Å². The zero-order valence-electron chi connectivity index (χ0n) is 18.0. The summed E-state index contributed by atoms with van der Waals surface area (Å²) < 4.78 is 5.75. The molecule has 4 aliphatic carbocycles. The number of carbonyl (C=O) groups is 2. The molecule has 0 radical (unpaired) electrons. The fourth-order valence-corrected chi connectivity index (χ4v) is 7.41. The van der Waals surface area contributed by atoms with Crippen molar-refractivity contribution in [1.29, 1.82) is 0 Å². The number of pyridine rings is 1. The van der Waals surface area contributed by atoms with Crippen molar-refractivity contribution >= 4 is 11.6 Å². The molecular formula is C26H31NO3. The zero-order chi connectivity index (χ0) is 20.9. The van der Waals surface area contributed by atoms with Crippen molar-refractivity contribution in [3.8, 4) is 5.75 Å². The predicted molar refractivity (Wildman–Crippen MR) is 115 cm³/mol. The number of hydrogen-bond acceptors (Lipinski definition) is 4. The first-order valence-electron chi connectivity index (χ1n) is 11.4. The Balaban J connectivity index is 1.33. The van der Waals surface area contributed by atoms with Gasteiger partial charge in [-0.25, -0.2) is 0 Å². The summed E-state index contributed by atoms with van der Waals surface area (Å²) in [4.78, 5) is 29.1. The van der Waals surface area contributed by atoms with Crippen LogP contribution < -0.4 is 4.74 Å². The van der Waals surface area contributed by atoms with Crippen LogP contribution in [0.25, 0.3) is 0 Å². The molecule has 0 bridgehead atoms. The number of Topliss-reactive ketones (excluding diaryl/α,β-unsaturated/α-hetero) is 1. The first kappa shape index (κ1) is 19.7. The molecule has 0 saturated heterocycles. The lowest BCUT2D eigenvalue weighted by atomic mass is 9.47. The van der Waals surface area contributed by atoms with Gasteiger partial charge in [0.15, 0.2) is 11.6 Å². The van der Waals surface area contributed by atoms with E-state index in [2.05, 4.69) is 24.9 Å². The summed E-state index contributed by atoms with van der Waals surface area (Å²) in [5.74, 6) is 2.95.